The molecular weight excluding hydrogens is 250 g/mol. The summed E-state index contributed by atoms with van der Waals surface area (Å²) in [5.41, 5.74) is -0.241. The molecule has 0 radical (unpaired) electrons. The van der Waals surface area contributed by atoms with E-state index in [-0.39, 0.29) is 0 Å². The molecule has 2 N–H and O–H groups in total. The van der Waals surface area contributed by atoms with Crippen LogP contribution in [-0.4, -0.2) is 17.7 Å². The Bertz CT molecular complexity index is 572. The van der Waals surface area contributed by atoms with E-state index in [1.807, 2.05) is 18.2 Å². The van der Waals surface area contributed by atoms with Gasteiger partial charge in [-0.2, -0.15) is 0 Å². The van der Waals surface area contributed by atoms with E-state index >= 15 is 0 Å². The fourth-order valence-electron chi connectivity index (χ4n) is 2.00. The van der Waals surface area contributed by atoms with Crippen molar-refractivity contribution in [2.45, 2.75) is 31.4 Å². The van der Waals surface area contributed by atoms with Crippen molar-refractivity contribution >= 4 is 22.6 Å². The molecule has 3 nitrogen and oxygen atoms in total. The molecule has 0 saturated heterocycles. The molecule has 1 atom stereocenters. The first-order chi connectivity index (χ1) is 8.54. The van der Waals surface area contributed by atoms with Gasteiger partial charge in [0.15, 0.2) is 0 Å². The average Bonchev–Trinajstić information content (AvgIpc) is 3.05. The maximum atomic E-state index is 10.4. The molecule has 96 valence electrons. The van der Waals surface area contributed by atoms with Crippen LogP contribution in [0.25, 0.3) is 11.0 Å². The van der Waals surface area contributed by atoms with Gasteiger partial charge in [-0.25, -0.2) is 0 Å². The molecular formula is C14H16ClNO2. The van der Waals surface area contributed by atoms with Crippen LogP contribution >= 0.6 is 11.6 Å². The summed E-state index contributed by atoms with van der Waals surface area (Å²) in [6.45, 7) is 2.27. The molecule has 0 aliphatic heterocycles. The molecule has 1 heterocycles. The summed E-state index contributed by atoms with van der Waals surface area (Å²) < 4.78 is 5.69. The summed E-state index contributed by atoms with van der Waals surface area (Å²) in [6.07, 6.45) is 2.40. The Labute approximate surface area is 111 Å². The normalized spacial score (nSPS) is 19.1. The smallest absolute Gasteiger partial charge is 0.137 e. The lowest BCUT2D eigenvalue weighted by molar-refractivity contribution is 0.0355. The summed E-state index contributed by atoms with van der Waals surface area (Å²) >= 11 is 5.94. The molecule has 1 aliphatic carbocycles. The standard InChI is InChI=1S/C14H16ClNO2/c1-14(17,8-16-11-3-4-11)13-7-9-6-10(15)2-5-12(9)18-13/h2,5-7,11,16-17H,3-4,8H2,1H3. The minimum absolute atomic E-state index is 0.505. The van der Waals surface area contributed by atoms with Crippen molar-refractivity contribution in [1.82, 2.24) is 5.32 Å². The quantitative estimate of drug-likeness (QED) is 0.893. The zero-order chi connectivity index (χ0) is 12.8. The third-order valence-corrected chi connectivity index (χ3v) is 3.56. The first-order valence-electron chi connectivity index (χ1n) is 6.20. The van der Waals surface area contributed by atoms with Crippen LogP contribution in [0.15, 0.2) is 28.7 Å². The molecule has 0 spiro atoms. The maximum absolute atomic E-state index is 10.4. The van der Waals surface area contributed by atoms with E-state index in [9.17, 15) is 5.11 Å². The molecule has 3 rings (SSSR count). The van der Waals surface area contributed by atoms with E-state index in [0.29, 0.717) is 23.4 Å². The van der Waals surface area contributed by atoms with Crippen molar-refractivity contribution in [2.24, 2.45) is 0 Å². The Kier molecular flexibility index (Phi) is 2.85. The first kappa shape index (κ1) is 12.0. The lowest BCUT2D eigenvalue weighted by Gasteiger charge is -2.21. The average molecular weight is 266 g/mol. The predicted octanol–water partition coefficient (Wildman–Crippen LogP) is 3.05. The molecule has 2 aromatic rings. The van der Waals surface area contributed by atoms with Gasteiger partial charge in [-0.05, 0) is 44.0 Å². The van der Waals surface area contributed by atoms with Gasteiger partial charge < -0.3 is 14.8 Å². The number of halogens is 1. The van der Waals surface area contributed by atoms with Crippen LogP contribution in [0.5, 0.6) is 0 Å². The van der Waals surface area contributed by atoms with Crippen molar-refractivity contribution in [3.05, 3.63) is 35.0 Å². The van der Waals surface area contributed by atoms with Gasteiger partial charge in [0.2, 0.25) is 0 Å². The lowest BCUT2D eigenvalue weighted by atomic mass is 10.0. The van der Waals surface area contributed by atoms with Crippen molar-refractivity contribution in [1.29, 1.82) is 0 Å². The van der Waals surface area contributed by atoms with E-state index in [1.54, 1.807) is 13.0 Å². The number of aliphatic hydroxyl groups is 1. The molecule has 1 aromatic carbocycles. The van der Waals surface area contributed by atoms with E-state index in [2.05, 4.69) is 5.32 Å². The predicted molar refractivity (Wildman–Crippen MR) is 71.8 cm³/mol. The van der Waals surface area contributed by atoms with Gasteiger partial charge in [-0.15, -0.1) is 0 Å². The van der Waals surface area contributed by atoms with Crippen LogP contribution in [0.2, 0.25) is 5.02 Å². The van der Waals surface area contributed by atoms with Gasteiger partial charge in [0.05, 0.1) is 0 Å². The van der Waals surface area contributed by atoms with E-state index in [1.165, 1.54) is 12.8 Å². The van der Waals surface area contributed by atoms with Crippen molar-refractivity contribution < 1.29 is 9.52 Å². The summed E-state index contributed by atoms with van der Waals surface area (Å²) in [5, 5.41) is 15.4. The van der Waals surface area contributed by atoms with E-state index in [0.717, 1.165) is 11.0 Å². The molecule has 1 fully saturated rings. The minimum atomic E-state index is -0.992. The number of rotatable bonds is 4. The summed E-state index contributed by atoms with van der Waals surface area (Å²) in [5.74, 6) is 0.577. The van der Waals surface area contributed by atoms with Crippen molar-refractivity contribution in [2.75, 3.05) is 6.54 Å². The van der Waals surface area contributed by atoms with Gasteiger partial charge in [0.1, 0.15) is 16.9 Å². The summed E-state index contributed by atoms with van der Waals surface area (Å²) in [4.78, 5) is 0. The lowest BCUT2D eigenvalue weighted by Crippen LogP contribution is -2.36. The Hall–Kier alpha value is -1.03. The van der Waals surface area contributed by atoms with Crippen LogP contribution in [0.3, 0.4) is 0 Å². The van der Waals surface area contributed by atoms with Crippen LogP contribution in [0.4, 0.5) is 0 Å². The Morgan fingerprint density at radius 1 is 1.44 bits per heavy atom. The van der Waals surface area contributed by atoms with Gasteiger partial charge in [-0.1, -0.05) is 11.6 Å². The number of benzene rings is 1. The first-order valence-corrected chi connectivity index (χ1v) is 6.58. The summed E-state index contributed by atoms with van der Waals surface area (Å²) in [7, 11) is 0. The van der Waals surface area contributed by atoms with Crippen molar-refractivity contribution in [3.8, 4) is 0 Å². The minimum Gasteiger partial charge on any atom is -0.458 e. The number of fused-ring (bicyclic) bond motifs is 1. The van der Waals surface area contributed by atoms with Crippen LogP contribution < -0.4 is 5.32 Å². The highest BCUT2D eigenvalue weighted by atomic mass is 35.5. The monoisotopic (exact) mass is 265 g/mol. The highest BCUT2D eigenvalue weighted by molar-refractivity contribution is 6.31. The Morgan fingerprint density at radius 2 is 2.22 bits per heavy atom. The van der Waals surface area contributed by atoms with Crippen LogP contribution in [0, 0.1) is 0 Å². The third kappa shape index (κ3) is 2.39. The van der Waals surface area contributed by atoms with Gasteiger partial charge in [-0.3, -0.25) is 0 Å². The topological polar surface area (TPSA) is 45.4 Å². The molecule has 1 unspecified atom stereocenters. The highest BCUT2D eigenvalue weighted by Gasteiger charge is 2.30. The SMILES string of the molecule is CC(O)(CNC1CC1)c1cc2cc(Cl)ccc2o1. The molecule has 0 amide bonds. The summed E-state index contributed by atoms with van der Waals surface area (Å²) in [6, 6.07) is 7.87. The van der Waals surface area contributed by atoms with Crippen molar-refractivity contribution in [3.63, 3.8) is 0 Å². The fourth-order valence-corrected chi connectivity index (χ4v) is 2.18. The Morgan fingerprint density at radius 3 is 2.94 bits per heavy atom. The van der Waals surface area contributed by atoms with Crippen LogP contribution in [-0.2, 0) is 5.60 Å². The molecule has 1 aromatic heterocycles. The second kappa shape index (κ2) is 4.26. The maximum Gasteiger partial charge on any atom is 0.137 e. The van der Waals surface area contributed by atoms with Gasteiger partial charge in [0, 0.05) is 23.0 Å². The molecule has 0 bridgehead atoms. The molecule has 18 heavy (non-hydrogen) atoms. The zero-order valence-corrected chi connectivity index (χ0v) is 11.0. The zero-order valence-electron chi connectivity index (χ0n) is 10.2. The highest BCUT2D eigenvalue weighted by Crippen LogP contribution is 2.30. The van der Waals surface area contributed by atoms with Gasteiger partial charge in [0.25, 0.3) is 0 Å². The van der Waals surface area contributed by atoms with Gasteiger partial charge >= 0.3 is 0 Å². The van der Waals surface area contributed by atoms with E-state index in [4.69, 9.17) is 16.0 Å². The third-order valence-electron chi connectivity index (χ3n) is 3.32. The second-order valence-electron chi connectivity index (χ2n) is 5.22. The number of nitrogens with one attached hydrogen (secondary N) is 1. The largest absolute Gasteiger partial charge is 0.458 e. The number of furan rings is 1. The Balaban J connectivity index is 1.87. The fraction of sp³-hybridized carbons (Fsp3) is 0.429. The number of hydrogen-bond donors (Lipinski definition) is 2. The molecule has 1 saturated carbocycles. The van der Waals surface area contributed by atoms with Crippen LogP contribution in [0.1, 0.15) is 25.5 Å². The molecule has 4 heteroatoms. The molecule has 1 aliphatic rings. The van der Waals surface area contributed by atoms with E-state index < -0.39 is 5.60 Å². The number of hydrogen-bond acceptors (Lipinski definition) is 3. The second-order valence-corrected chi connectivity index (χ2v) is 5.66.